The van der Waals surface area contributed by atoms with Crippen LogP contribution < -0.4 is 4.74 Å². The molecule has 0 aliphatic rings. The van der Waals surface area contributed by atoms with Gasteiger partial charge in [0.1, 0.15) is 5.75 Å². The van der Waals surface area contributed by atoms with Crippen molar-refractivity contribution < 1.29 is 18.8 Å². The van der Waals surface area contributed by atoms with Gasteiger partial charge in [0.2, 0.25) is 0 Å². The summed E-state index contributed by atoms with van der Waals surface area (Å²) in [6, 6.07) is 8.15. The minimum Gasteiger partial charge on any atom is -0.454 e. The van der Waals surface area contributed by atoms with Gasteiger partial charge in [0.05, 0.1) is 10.5 Å². The Morgan fingerprint density at radius 1 is 1.25 bits per heavy atom. The normalized spacial score (nSPS) is 10.1. The van der Waals surface area contributed by atoms with Crippen molar-refractivity contribution in [1.29, 1.82) is 0 Å². The Bertz CT molecular complexity index is 685. The van der Waals surface area contributed by atoms with E-state index >= 15 is 0 Å². The standard InChI is InChI=1S/C14H10FNO4/c1-9-3-2-4-13(14(9)15)20-12-6-5-11(16(18)19)7-10(12)8-17/h2-8H,1H3. The molecule has 0 saturated carbocycles. The van der Waals surface area contributed by atoms with Gasteiger partial charge in [-0.1, -0.05) is 12.1 Å². The van der Waals surface area contributed by atoms with E-state index < -0.39 is 10.7 Å². The van der Waals surface area contributed by atoms with Crippen molar-refractivity contribution in [3.63, 3.8) is 0 Å². The highest BCUT2D eigenvalue weighted by Crippen LogP contribution is 2.30. The van der Waals surface area contributed by atoms with Crippen LogP contribution in [-0.4, -0.2) is 11.2 Å². The second-order valence-electron chi connectivity index (χ2n) is 4.09. The van der Waals surface area contributed by atoms with Gasteiger partial charge in [-0.25, -0.2) is 4.39 Å². The summed E-state index contributed by atoms with van der Waals surface area (Å²) in [4.78, 5) is 21.0. The second kappa shape index (κ2) is 5.48. The van der Waals surface area contributed by atoms with Gasteiger partial charge < -0.3 is 4.74 Å². The Balaban J connectivity index is 2.41. The van der Waals surface area contributed by atoms with Gasteiger partial charge in [0.15, 0.2) is 17.9 Å². The van der Waals surface area contributed by atoms with Crippen LogP contribution in [-0.2, 0) is 0 Å². The molecular weight excluding hydrogens is 265 g/mol. The number of hydrogen-bond donors (Lipinski definition) is 0. The highest BCUT2D eigenvalue weighted by Gasteiger charge is 2.14. The van der Waals surface area contributed by atoms with E-state index in [0.717, 1.165) is 6.07 Å². The number of carbonyl (C=O) groups excluding carboxylic acids is 1. The van der Waals surface area contributed by atoms with Gasteiger partial charge in [-0.15, -0.1) is 0 Å². The summed E-state index contributed by atoms with van der Waals surface area (Å²) in [6.07, 6.45) is 0.427. The number of nitrogens with zero attached hydrogens (tertiary/aromatic N) is 1. The highest BCUT2D eigenvalue weighted by molar-refractivity contribution is 5.80. The Labute approximate surface area is 113 Å². The SMILES string of the molecule is Cc1cccc(Oc2ccc([N+](=O)[O-])cc2C=O)c1F. The second-order valence-corrected chi connectivity index (χ2v) is 4.09. The number of ether oxygens (including phenoxy) is 1. The van der Waals surface area contributed by atoms with Gasteiger partial charge in [0, 0.05) is 12.1 Å². The molecule has 0 N–H and O–H groups in total. The molecule has 0 aliphatic carbocycles. The molecule has 6 heteroatoms. The van der Waals surface area contributed by atoms with Crippen LogP contribution in [0.2, 0.25) is 0 Å². The van der Waals surface area contributed by atoms with Crippen molar-refractivity contribution in [3.8, 4) is 11.5 Å². The zero-order valence-corrected chi connectivity index (χ0v) is 10.5. The lowest BCUT2D eigenvalue weighted by Gasteiger charge is -2.09. The molecular formula is C14H10FNO4. The average molecular weight is 275 g/mol. The Morgan fingerprint density at radius 3 is 2.65 bits per heavy atom. The first kappa shape index (κ1) is 13.7. The Morgan fingerprint density at radius 2 is 2.00 bits per heavy atom. The largest absolute Gasteiger partial charge is 0.454 e. The third-order valence-electron chi connectivity index (χ3n) is 2.71. The molecule has 0 amide bonds. The van der Waals surface area contributed by atoms with E-state index in [4.69, 9.17) is 4.74 Å². The summed E-state index contributed by atoms with van der Waals surface area (Å²) in [5, 5.41) is 10.6. The van der Waals surface area contributed by atoms with Crippen LogP contribution >= 0.6 is 0 Å². The molecule has 0 aliphatic heterocycles. The fourth-order valence-corrected chi connectivity index (χ4v) is 1.65. The van der Waals surface area contributed by atoms with E-state index in [0.29, 0.717) is 11.8 Å². The monoisotopic (exact) mass is 275 g/mol. The first-order chi connectivity index (χ1) is 9.52. The number of hydrogen-bond acceptors (Lipinski definition) is 4. The van der Waals surface area contributed by atoms with E-state index in [9.17, 15) is 19.3 Å². The lowest BCUT2D eigenvalue weighted by atomic mass is 10.2. The number of nitro groups is 1. The Hall–Kier alpha value is -2.76. The van der Waals surface area contributed by atoms with Crippen LogP contribution in [0, 0.1) is 22.9 Å². The fourth-order valence-electron chi connectivity index (χ4n) is 1.65. The minimum absolute atomic E-state index is 0.0138. The van der Waals surface area contributed by atoms with Crippen LogP contribution in [0.1, 0.15) is 15.9 Å². The maximum Gasteiger partial charge on any atom is 0.270 e. The zero-order valence-electron chi connectivity index (χ0n) is 10.5. The smallest absolute Gasteiger partial charge is 0.270 e. The van der Waals surface area contributed by atoms with E-state index in [1.54, 1.807) is 19.1 Å². The molecule has 102 valence electrons. The van der Waals surface area contributed by atoms with E-state index in [1.165, 1.54) is 18.2 Å². The topological polar surface area (TPSA) is 69.4 Å². The van der Waals surface area contributed by atoms with Crippen LogP contribution in [0.4, 0.5) is 10.1 Å². The van der Waals surface area contributed by atoms with Gasteiger partial charge in [-0.05, 0) is 24.6 Å². The number of nitro benzene ring substituents is 1. The van der Waals surface area contributed by atoms with Crippen molar-refractivity contribution >= 4 is 12.0 Å². The summed E-state index contributed by atoms with van der Waals surface area (Å²) < 4.78 is 19.1. The summed E-state index contributed by atoms with van der Waals surface area (Å²) >= 11 is 0. The summed E-state index contributed by atoms with van der Waals surface area (Å²) in [6.45, 7) is 1.58. The van der Waals surface area contributed by atoms with E-state index in [-0.39, 0.29) is 22.7 Å². The number of benzene rings is 2. The van der Waals surface area contributed by atoms with Crippen LogP contribution in [0.15, 0.2) is 36.4 Å². The number of aldehydes is 1. The third kappa shape index (κ3) is 2.64. The van der Waals surface area contributed by atoms with Gasteiger partial charge in [-0.2, -0.15) is 0 Å². The maximum absolute atomic E-state index is 13.8. The van der Waals surface area contributed by atoms with E-state index in [1.807, 2.05) is 0 Å². The number of non-ortho nitro benzene ring substituents is 1. The van der Waals surface area contributed by atoms with Crippen molar-refractivity contribution in [1.82, 2.24) is 0 Å². The van der Waals surface area contributed by atoms with Crippen molar-refractivity contribution in [2.45, 2.75) is 6.92 Å². The molecule has 0 bridgehead atoms. The summed E-state index contributed by atoms with van der Waals surface area (Å²) in [5.41, 5.74) is 0.154. The minimum atomic E-state index is -0.621. The number of rotatable bonds is 4. The predicted molar refractivity (Wildman–Crippen MR) is 69.7 cm³/mol. The first-order valence-corrected chi connectivity index (χ1v) is 5.69. The summed E-state index contributed by atoms with van der Waals surface area (Å²) in [5.74, 6) is -0.514. The Kier molecular flexibility index (Phi) is 3.74. The fraction of sp³-hybridized carbons (Fsp3) is 0.0714. The molecule has 0 saturated heterocycles. The van der Waals surface area contributed by atoms with Gasteiger partial charge in [0.25, 0.3) is 5.69 Å². The number of aryl methyl sites for hydroxylation is 1. The summed E-state index contributed by atoms with van der Waals surface area (Å²) in [7, 11) is 0. The number of halogens is 1. The first-order valence-electron chi connectivity index (χ1n) is 5.69. The quantitative estimate of drug-likeness (QED) is 0.485. The molecule has 0 atom stereocenters. The third-order valence-corrected chi connectivity index (χ3v) is 2.71. The zero-order chi connectivity index (χ0) is 14.7. The van der Waals surface area contributed by atoms with Crippen LogP contribution in [0.3, 0.4) is 0 Å². The van der Waals surface area contributed by atoms with Gasteiger partial charge in [-0.3, -0.25) is 14.9 Å². The molecule has 0 fully saturated rings. The molecule has 0 unspecified atom stereocenters. The van der Waals surface area contributed by atoms with Crippen molar-refractivity contribution in [2.75, 3.05) is 0 Å². The van der Waals surface area contributed by atoms with Crippen molar-refractivity contribution in [3.05, 3.63) is 63.5 Å². The predicted octanol–water partition coefficient (Wildman–Crippen LogP) is 3.65. The molecule has 0 spiro atoms. The van der Waals surface area contributed by atoms with Crippen LogP contribution in [0.5, 0.6) is 11.5 Å². The van der Waals surface area contributed by atoms with Crippen LogP contribution in [0.25, 0.3) is 0 Å². The highest BCUT2D eigenvalue weighted by atomic mass is 19.1. The lowest BCUT2D eigenvalue weighted by molar-refractivity contribution is -0.384. The molecule has 0 radical (unpaired) electrons. The number of carbonyl (C=O) groups is 1. The molecule has 0 aromatic heterocycles. The molecule has 20 heavy (non-hydrogen) atoms. The molecule has 2 aromatic carbocycles. The molecule has 0 heterocycles. The lowest BCUT2D eigenvalue weighted by Crippen LogP contribution is -1.96. The van der Waals surface area contributed by atoms with Gasteiger partial charge >= 0.3 is 0 Å². The molecule has 2 aromatic rings. The van der Waals surface area contributed by atoms with E-state index in [2.05, 4.69) is 0 Å². The molecule has 2 rings (SSSR count). The molecule has 5 nitrogen and oxygen atoms in total. The maximum atomic E-state index is 13.8. The van der Waals surface area contributed by atoms with Crippen molar-refractivity contribution in [2.24, 2.45) is 0 Å². The average Bonchev–Trinajstić information content (AvgIpc) is 2.44.